The zero-order valence-corrected chi connectivity index (χ0v) is 21.9. The second-order valence-corrected chi connectivity index (χ2v) is 9.73. The number of benzene rings is 3. The standard InChI is InChI=1S/C32H34F4O2/c1-3-5-6-7-19-37-28-18-17-26(31(35)32(28)36)22-11-9-21(10-12-22)25-15-16-27(30(34)29(25)33)23-13-14-24(8-4-2)38-20-23/h4,8-12,15-18,23-24H,3,5-7,13-14,19-20H2,1-2H3. The van der Waals surface area contributed by atoms with E-state index in [9.17, 15) is 8.78 Å². The summed E-state index contributed by atoms with van der Waals surface area (Å²) in [6.45, 7) is 4.69. The summed E-state index contributed by atoms with van der Waals surface area (Å²) in [4.78, 5) is 0. The first-order valence-corrected chi connectivity index (χ1v) is 13.4. The van der Waals surface area contributed by atoms with Crippen molar-refractivity contribution >= 4 is 0 Å². The molecule has 202 valence electrons. The molecule has 0 spiro atoms. The fourth-order valence-electron chi connectivity index (χ4n) is 4.89. The van der Waals surface area contributed by atoms with Gasteiger partial charge in [-0.15, -0.1) is 0 Å². The van der Waals surface area contributed by atoms with Crippen LogP contribution >= 0.6 is 0 Å². The molecule has 0 radical (unpaired) electrons. The average molecular weight is 527 g/mol. The van der Waals surface area contributed by atoms with Crippen LogP contribution in [0, 0.1) is 23.3 Å². The second kappa shape index (κ2) is 13.1. The first-order valence-electron chi connectivity index (χ1n) is 13.4. The Bertz CT molecular complexity index is 1250. The van der Waals surface area contributed by atoms with E-state index in [0.717, 1.165) is 32.1 Å². The quantitative estimate of drug-likeness (QED) is 0.149. The minimum Gasteiger partial charge on any atom is -0.490 e. The van der Waals surface area contributed by atoms with Gasteiger partial charge in [-0.2, -0.15) is 4.39 Å². The third kappa shape index (κ3) is 6.29. The molecular formula is C32H34F4O2. The summed E-state index contributed by atoms with van der Waals surface area (Å²) in [5, 5.41) is 0. The number of halogens is 4. The third-order valence-corrected chi connectivity index (χ3v) is 7.08. The molecule has 6 heteroatoms. The highest BCUT2D eigenvalue weighted by atomic mass is 19.2. The summed E-state index contributed by atoms with van der Waals surface area (Å²) < 4.78 is 70.8. The molecule has 4 rings (SSSR count). The summed E-state index contributed by atoms with van der Waals surface area (Å²) in [5.74, 6) is -4.15. The summed E-state index contributed by atoms with van der Waals surface area (Å²) in [7, 11) is 0. The van der Waals surface area contributed by atoms with Crippen molar-refractivity contribution in [3.05, 3.63) is 89.5 Å². The van der Waals surface area contributed by atoms with Gasteiger partial charge in [0.05, 0.1) is 19.3 Å². The minimum absolute atomic E-state index is 0.0135. The Balaban J connectivity index is 1.48. The molecule has 3 aromatic carbocycles. The maximum Gasteiger partial charge on any atom is 0.201 e. The Labute approximate surface area is 222 Å². The Morgan fingerprint density at radius 1 is 0.789 bits per heavy atom. The van der Waals surface area contributed by atoms with E-state index in [4.69, 9.17) is 9.47 Å². The molecule has 2 unspecified atom stereocenters. The molecule has 0 saturated carbocycles. The highest BCUT2D eigenvalue weighted by Crippen LogP contribution is 2.36. The molecule has 0 amide bonds. The zero-order chi connectivity index (χ0) is 27.1. The fourth-order valence-corrected chi connectivity index (χ4v) is 4.89. The SMILES string of the molecule is CC=CC1CCC(c2ccc(-c3ccc(-c4ccc(OCCCCCC)c(F)c4F)cc3)c(F)c2F)CO1. The first kappa shape index (κ1) is 27.9. The molecule has 2 nitrogen and oxygen atoms in total. The van der Waals surface area contributed by atoms with Crippen molar-refractivity contribution in [1.82, 2.24) is 0 Å². The van der Waals surface area contributed by atoms with E-state index in [1.165, 1.54) is 12.1 Å². The second-order valence-electron chi connectivity index (χ2n) is 9.73. The first-order chi connectivity index (χ1) is 18.4. The normalized spacial score (nSPS) is 17.7. The summed E-state index contributed by atoms with van der Waals surface area (Å²) in [5.41, 5.74) is 1.36. The van der Waals surface area contributed by atoms with Gasteiger partial charge in [0.2, 0.25) is 5.82 Å². The van der Waals surface area contributed by atoms with Crippen molar-refractivity contribution in [1.29, 1.82) is 0 Å². The monoisotopic (exact) mass is 526 g/mol. The van der Waals surface area contributed by atoms with E-state index < -0.39 is 23.3 Å². The lowest BCUT2D eigenvalue weighted by Crippen LogP contribution is -2.24. The van der Waals surface area contributed by atoms with Crippen LogP contribution in [0.1, 0.15) is 63.9 Å². The van der Waals surface area contributed by atoms with Gasteiger partial charge in [0, 0.05) is 17.0 Å². The van der Waals surface area contributed by atoms with Crippen molar-refractivity contribution < 1.29 is 27.0 Å². The Kier molecular flexibility index (Phi) is 9.62. The molecule has 3 aromatic rings. The molecule has 0 aliphatic carbocycles. The van der Waals surface area contributed by atoms with Crippen molar-refractivity contribution in [2.45, 2.75) is 64.4 Å². The van der Waals surface area contributed by atoms with Crippen LogP contribution in [0.4, 0.5) is 17.6 Å². The predicted molar refractivity (Wildman–Crippen MR) is 143 cm³/mol. The number of allylic oxidation sites excluding steroid dienone is 1. The highest BCUT2D eigenvalue weighted by Gasteiger charge is 2.26. The van der Waals surface area contributed by atoms with Gasteiger partial charge in [-0.25, -0.2) is 13.2 Å². The van der Waals surface area contributed by atoms with Gasteiger partial charge >= 0.3 is 0 Å². The maximum atomic E-state index is 15.1. The fraction of sp³-hybridized carbons (Fsp3) is 0.375. The topological polar surface area (TPSA) is 18.5 Å². The molecule has 0 bridgehead atoms. The summed E-state index contributed by atoms with van der Waals surface area (Å²) in [6.07, 6.45) is 9.28. The maximum absolute atomic E-state index is 15.1. The smallest absolute Gasteiger partial charge is 0.201 e. The van der Waals surface area contributed by atoms with E-state index in [1.807, 2.05) is 19.1 Å². The molecular weight excluding hydrogens is 492 g/mol. The number of unbranched alkanes of at least 4 members (excludes halogenated alkanes) is 3. The van der Waals surface area contributed by atoms with E-state index in [2.05, 4.69) is 6.92 Å². The van der Waals surface area contributed by atoms with Crippen LogP contribution in [-0.4, -0.2) is 19.3 Å². The van der Waals surface area contributed by atoms with Crippen LogP contribution in [0.25, 0.3) is 22.3 Å². The lowest BCUT2D eigenvalue weighted by Gasteiger charge is -2.28. The number of ether oxygens (including phenoxy) is 2. The predicted octanol–water partition coefficient (Wildman–Crippen LogP) is 9.37. The number of rotatable bonds is 10. The van der Waals surface area contributed by atoms with Gasteiger partial charge in [0.25, 0.3) is 0 Å². The summed E-state index contributed by atoms with van der Waals surface area (Å²) >= 11 is 0. The van der Waals surface area contributed by atoms with Gasteiger partial charge in [-0.1, -0.05) is 74.7 Å². The lowest BCUT2D eigenvalue weighted by atomic mass is 9.89. The van der Waals surface area contributed by atoms with Gasteiger partial charge in [0.1, 0.15) is 0 Å². The van der Waals surface area contributed by atoms with E-state index in [0.29, 0.717) is 36.3 Å². The Hall–Kier alpha value is -3.12. The molecule has 1 aliphatic heterocycles. The Morgan fingerprint density at radius 2 is 1.45 bits per heavy atom. The van der Waals surface area contributed by atoms with Crippen LogP contribution in [0.5, 0.6) is 5.75 Å². The molecule has 2 atom stereocenters. The van der Waals surface area contributed by atoms with Crippen LogP contribution in [0.15, 0.2) is 60.7 Å². The van der Waals surface area contributed by atoms with Gasteiger partial charge < -0.3 is 9.47 Å². The van der Waals surface area contributed by atoms with Gasteiger partial charge in [-0.05, 0) is 55.0 Å². The van der Waals surface area contributed by atoms with Crippen molar-refractivity contribution in [3.63, 3.8) is 0 Å². The summed E-state index contributed by atoms with van der Waals surface area (Å²) in [6, 6.07) is 12.4. The average Bonchev–Trinajstić information content (AvgIpc) is 2.93. The van der Waals surface area contributed by atoms with E-state index >= 15 is 8.78 Å². The molecule has 1 heterocycles. The largest absolute Gasteiger partial charge is 0.490 e. The van der Waals surface area contributed by atoms with E-state index in [1.54, 1.807) is 36.4 Å². The molecule has 1 aliphatic rings. The van der Waals surface area contributed by atoms with Crippen LogP contribution in [0.2, 0.25) is 0 Å². The van der Waals surface area contributed by atoms with E-state index in [-0.39, 0.29) is 28.9 Å². The zero-order valence-electron chi connectivity index (χ0n) is 21.9. The Morgan fingerprint density at radius 3 is 2.05 bits per heavy atom. The van der Waals surface area contributed by atoms with Crippen molar-refractivity contribution in [2.24, 2.45) is 0 Å². The molecule has 0 aromatic heterocycles. The highest BCUT2D eigenvalue weighted by molar-refractivity contribution is 5.72. The molecule has 1 saturated heterocycles. The van der Waals surface area contributed by atoms with Crippen LogP contribution < -0.4 is 4.74 Å². The molecule has 38 heavy (non-hydrogen) atoms. The van der Waals surface area contributed by atoms with Gasteiger partial charge in [0.15, 0.2) is 23.2 Å². The minimum atomic E-state index is -1.03. The van der Waals surface area contributed by atoms with Crippen molar-refractivity contribution in [2.75, 3.05) is 13.2 Å². The molecule has 1 fully saturated rings. The number of hydrogen-bond acceptors (Lipinski definition) is 2. The van der Waals surface area contributed by atoms with Gasteiger partial charge in [-0.3, -0.25) is 0 Å². The molecule has 0 N–H and O–H groups in total. The van der Waals surface area contributed by atoms with Crippen molar-refractivity contribution in [3.8, 4) is 28.0 Å². The third-order valence-electron chi connectivity index (χ3n) is 7.08. The lowest BCUT2D eigenvalue weighted by molar-refractivity contribution is 0.0317. The van der Waals surface area contributed by atoms with Crippen LogP contribution in [0.3, 0.4) is 0 Å². The number of hydrogen-bond donors (Lipinski definition) is 0. The van der Waals surface area contributed by atoms with Crippen LogP contribution in [-0.2, 0) is 4.74 Å².